The topological polar surface area (TPSA) is 62.7 Å². The molecule has 0 atom stereocenters. The first-order valence-electron chi connectivity index (χ1n) is 7.52. The highest BCUT2D eigenvalue weighted by atomic mass is 35.5. The van der Waals surface area contributed by atoms with Crippen molar-refractivity contribution >= 4 is 29.1 Å². The summed E-state index contributed by atoms with van der Waals surface area (Å²) in [6, 6.07) is 12.1. The minimum atomic E-state index is -4.42. The highest BCUT2D eigenvalue weighted by molar-refractivity contribution is 6.30. The molecule has 0 aliphatic rings. The van der Waals surface area contributed by atoms with Crippen LogP contribution in [0, 0.1) is 0 Å². The molecule has 5 nitrogen and oxygen atoms in total. The van der Waals surface area contributed by atoms with Gasteiger partial charge in [0.05, 0.1) is 11.8 Å². The van der Waals surface area contributed by atoms with E-state index >= 15 is 0 Å². The van der Waals surface area contributed by atoms with Gasteiger partial charge in [0.2, 0.25) is 5.95 Å². The molecule has 9 heteroatoms. The van der Waals surface area contributed by atoms with Crippen molar-refractivity contribution in [2.24, 2.45) is 0 Å². The van der Waals surface area contributed by atoms with Crippen molar-refractivity contribution in [3.8, 4) is 0 Å². The van der Waals surface area contributed by atoms with E-state index in [0.717, 1.165) is 17.7 Å². The van der Waals surface area contributed by atoms with E-state index in [1.807, 2.05) is 12.1 Å². The Morgan fingerprint density at radius 3 is 2.54 bits per heavy atom. The van der Waals surface area contributed by atoms with E-state index in [1.165, 1.54) is 18.3 Å². The van der Waals surface area contributed by atoms with Crippen molar-refractivity contribution in [1.29, 1.82) is 0 Å². The average molecular weight is 380 g/mol. The Morgan fingerprint density at radius 2 is 1.81 bits per heavy atom. The normalized spacial score (nSPS) is 11.2. The number of anilines is 3. The maximum atomic E-state index is 12.8. The van der Waals surface area contributed by atoms with Crippen molar-refractivity contribution < 1.29 is 13.2 Å². The second-order valence-electron chi connectivity index (χ2n) is 5.35. The number of aromatic nitrogens is 3. The smallest absolute Gasteiger partial charge is 0.365 e. The number of nitrogens with one attached hydrogen (secondary N) is 2. The summed E-state index contributed by atoms with van der Waals surface area (Å²) in [6.07, 6.45) is -2.99. The summed E-state index contributed by atoms with van der Waals surface area (Å²) < 4.78 is 38.3. The molecule has 0 spiro atoms. The van der Waals surface area contributed by atoms with Crippen LogP contribution in [0.4, 0.5) is 30.6 Å². The van der Waals surface area contributed by atoms with E-state index in [1.54, 1.807) is 12.1 Å². The zero-order valence-corrected chi connectivity index (χ0v) is 14.0. The number of alkyl halides is 3. The van der Waals surface area contributed by atoms with Crippen LogP contribution in [0.15, 0.2) is 54.7 Å². The molecule has 0 amide bonds. The minimum absolute atomic E-state index is 0.0884. The van der Waals surface area contributed by atoms with E-state index in [9.17, 15) is 13.2 Å². The zero-order valence-electron chi connectivity index (χ0n) is 13.3. The van der Waals surface area contributed by atoms with E-state index < -0.39 is 11.7 Å². The fraction of sp³-hybridized carbons (Fsp3) is 0.118. The van der Waals surface area contributed by atoms with Gasteiger partial charge in [-0.25, -0.2) is 0 Å². The van der Waals surface area contributed by atoms with E-state index in [2.05, 4.69) is 25.8 Å². The molecule has 1 aromatic heterocycles. The molecule has 134 valence electrons. The molecule has 0 radical (unpaired) electrons. The van der Waals surface area contributed by atoms with Gasteiger partial charge in [-0.05, 0) is 35.9 Å². The van der Waals surface area contributed by atoms with Crippen molar-refractivity contribution in [3.63, 3.8) is 0 Å². The maximum Gasteiger partial charge on any atom is 0.416 e. The average Bonchev–Trinajstić information content (AvgIpc) is 2.61. The standard InChI is InChI=1S/C17H13ClF3N5/c18-13-6-4-11(5-7-13)9-22-15-10-23-26-16(25-15)24-14-3-1-2-12(8-14)17(19,20)21/h1-8,10H,9H2,(H2,22,24,25,26). The van der Waals surface area contributed by atoms with Crippen molar-refractivity contribution in [2.75, 3.05) is 10.6 Å². The molecule has 2 N–H and O–H groups in total. The van der Waals surface area contributed by atoms with Gasteiger partial charge in [-0.1, -0.05) is 29.8 Å². The molecular weight excluding hydrogens is 367 g/mol. The number of nitrogens with zero attached hydrogens (tertiary/aromatic N) is 3. The minimum Gasteiger partial charge on any atom is -0.365 e. The van der Waals surface area contributed by atoms with Crippen LogP contribution in [0.1, 0.15) is 11.1 Å². The van der Waals surface area contributed by atoms with Crippen LogP contribution in [0.5, 0.6) is 0 Å². The Hall–Kier alpha value is -2.87. The molecule has 0 fully saturated rings. The molecule has 0 unspecified atom stereocenters. The summed E-state index contributed by atoms with van der Waals surface area (Å²) in [7, 11) is 0. The van der Waals surface area contributed by atoms with Gasteiger partial charge < -0.3 is 10.6 Å². The molecule has 0 aliphatic carbocycles. The Morgan fingerprint density at radius 1 is 1.04 bits per heavy atom. The molecular formula is C17H13ClF3N5. The van der Waals surface area contributed by atoms with E-state index in [0.29, 0.717) is 17.4 Å². The molecule has 0 aliphatic heterocycles. The van der Waals surface area contributed by atoms with Crippen LogP contribution in [0.25, 0.3) is 0 Å². The fourth-order valence-corrected chi connectivity index (χ4v) is 2.26. The second kappa shape index (κ2) is 7.57. The van der Waals surface area contributed by atoms with Crippen LogP contribution < -0.4 is 10.6 Å². The van der Waals surface area contributed by atoms with Gasteiger partial charge in [-0.2, -0.15) is 23.3 Å². The van der Waals surface area contributed by atoms with Gasteiger partial charge in [0.15, 0.2) is 5.82 Å². The van der Waals surface area contributed by atoms with Crippen LogP contribution in [0.2, 0.25) is 5.02 Å². The van der Waals surface area contributed by atoms with Crippen molar-refractivity contribution in [1.82, 2.24) is 15.2 Å². The summed E-state index contributed by atoms with van der Waals surface area (Å²) in [4.78, 5) is 4.19. The first-order valence-corrected chi connectivity index (χ1v) is 7.90. The number of hydrogen-bond acceptors (Lipinski definition) is 5. The zero-order chi connectivity index (χ0) is 18.6. The van der Waals surface area contributed by atoms with Crippen LogP contribution in [-0.4, -0.2) is 15.2 Å². The van der Waals surface area contributed by atoms with Crippen LogP contribution in [-0.2, 0) is 12.7 Å². The molecule has 3 aromatic rings. The van der Waals surface area contributed by atoms with Gasteiger partial charge in [-0.15, -0.1) is 5.10 Å². The lowest BCUT2D eigenvalue weighted by atomic mass is 10.2. The lowest BCUT2D eigenvalue weighted by Crippen LogP contribution is -2.07. The van der Waals surface area contributed by atoms with Gasteiger partial charge >= 0.3 is 6.18 Å². The van der Waals surface area contributed by atoms with Crippen LogP contribution in [0.3, 0.4) is 0 Å². The predicted molar refractivity (Wildman–Crippen MR) is 93.3 cm³/mol. The summed E-state index contributed by atoms with van der Waals surface area (Å²) in [5, 5.41) is 14.0. The van der Waals surface area contributed by atoms with Gasteiger partial charge in [0, 0.05) is 17.3 Å². The molecule has 0 saturated carbocycles. The quantitative estimate of drug-likeness (QED) is 0.660. The Labute approximate surface area is 152 Å². The number of rotatable bonds is 5. The summed E-state index contributed by atoms with van der Waals surface area (Å²) >= 11 is 5.84. The van der Waals surface area contributed by atoms with Gasteiger partial charge in [-0.3, -0.25) is 0 Å². The number of hydrogen-bond donors (Lipinski definition) is 2. The Kier molecular flexibility index (Phi) is 5.22. The van der Waals surface area contributed by atoms with Gasteiger partial charge in [0.25, 0.3) is 0 Å². The molecule has 1 heterocycles. The van der Waals surface area contributed by atoms with Crippen molar-refractivity contribution in [2.45, 2.75) is 12.7 Å². The van der Waals surface area contributed by atoms with Crippen LogP contribution >= 0.6 is 11.6 Å². The second-order valence-corrected chi connectivity index (χ2v) is 5.79. The first-order chi connectivity index (χ1) is 12.4. The third-order valence-electron chi connectivity index (χ3n) is 3.39. The fourth-order valence-electron chi connectivity index (χ4n) is 2.14. The molecule has 3 rings (SSSR count). The molecule has 26 heavy (non-hydrogen) atoms. The molecule has 0 saturated heterocycles. The molecule has 0 bridgehead atoms. The largest absolute Gasteiger partial charge is 0.416 e. The Balaban J connectivity index is 1.68. The molecule has 2 aromatic carbocycles. The Bertz CT molecular complexity index is 884. The van der Waals surface area contributed by atoms with E-state index in [-0.39, 0.29) is 11.6 Å². The lowest BCUT2D eigenvalue weighted by molar-refractivity contribution is -0.137. The number of benzene rings is 2. The lowest BCUT2D eigenvalue weighted by Gasteiger charge is -2.10. The van der Waals surface area contributed by atoms with Crippen molar-refractivity contribution in [3.05, 3.63) is 70.9 Å². The maximum absolute atomic E-state index is 12.8. The van der Waals surface area contributed by atoms with Gasteiger partial charge in [0.1, 0.15) is 0 Å². The number of halogens is 4. The van der Waals surface area contributed by atoms with E-state index in [4.69, 9.17) is 11.6 Å². The first kappa shape index (κ1) is 17.9. The highest BCUT2D eigenvalue weighted by Crippen LogP contribution is 2.31. The summed E-state index contributed by atoms with van der Waals surface area (Å²) in [6.45, 7) is 0.485. The summed E-state index contributed by atoms with van der Waals surface area (Å²) in [5.74, 6) is 0.523. The monoisotopic (exact) mass is 379 g/mol. The third kappa shape index (κ3) is 4.82. The highest BCUT2D eigenvalue weighted by Gasteiger charge is 2.30. The predicted octanol–water partition coefficient (Wildman–Crippen LogP) is 4.90. The SMILES string of the molecule is FC(F)(F)c1cccc(Nc2nncc(NCc3ccc(Cl)cc3)n2)c1. The third-order valence-corrected chi connectivity index (χ3v) is 3.64. The summed E-state index contributed by atoms with van der Waals surface area (Å²) in [5.41, 5.74) is 0.448.